The van der Waals surface area contributed by atoms with Crippen molar-refractivity contribution >= 4 is 22.6 Å². The Morgan fingerprint density at radius 1 is 0.857 bits per heavy atom. The van der Waals surface area contributed by atoms with Crippen LogP contribution in [-0.2, 0) is 0 Å². The lowest BCUT2D eigenvalue weighted by Crippen LogP contribution is -2.50. The van der Waals surface area contributed by atoms with E-state index in [2.05, 4.69) is 15.3 Å². The van der Waals surface area contributed by atoms with Gasteiger partial charge in [0.25, 0.3) is 11.8 Å². The third-order valence-corrected chi connectivity index (χ3v) is 6.25. The molecule has 0 saturated carbocycles. The van der Waals surface area contributed by atoms with Crippen LogP contribution in [0, 0.1) is 6.92 Å². The molecule has 178 valence electrons. The lowest BCUT2D eigenvalue weighted by molar-refractivity contribution is 0.0536. The zero-order valence-corrected chi connectivity index (χ0v) is 19.7. The number of piperazine rings is 1. The molecule has 0 aliphatic carbocycles. The number of hydrogen-bond donors (Lipinski definition) is 0. The molecule has 5 rings (SSSR count). The first-order valence-electron chi connectivity index (χ1n) is 11.6. The monoisotopic (exact) mass is 470 g/mol. The van der Waals surface area contributed by atoms with E-state index in [0.717, 1.165) is 10.8 Å². The van der Waals surface area contributed by atoms with Gasteiger partial charge in [-0.2, -0.15) is 5.10 Å². The van der Waals surface area contributed by atoms with Crippen LogP contribution in [0.25, 0.3) is 16.6 Å². The Bertz CT molecular complexity index is 1370. The number of rotatable bonds is 5. The summed E-state index contributed by atoms with van der Waals surface area (Å²) >= 11 is 0. The van der Waals surface area contributed by atoms with E-state index in [1.165, 1.54) is 0 Å². The maximum absolute atomic E-state index is 13.2. The third kappa shape index (κ3) is 4.32. The van der Waals surface area contributed by atoms with Gasteiger partial charge in [0.2, 0.25) is 5.88 Å². The van der Waals surface area contributed by atoms with E-state index in [4.69, 9.17) is 4.74 Å². The average Bonchev–Trinajstić information content (AvgIpc) is 3.29. The van der Waals surface area contributed by atoms with Crippen molar-refractivity contribution in [3.05, 3.63) is 77.6 Å². The van der Waals surface area contributed by atoms with Crippen molar-refractivity contribution in [1.82, 2.24) is 29.8 Å². The minimum absolute atomic E-state index is 0.00743. The van der Waals surface area contributed by atoms with E-state index in [9.17, 15) is 9.59 Å². The van der Waals surface area contributed by atoms with Gasteiger partial charge in [-0.05, 0) is 36.8 Å². The maximum atomic E-state index is 13.2. The number of benzene rings is 2. The number of fused-ring (bicyclic) bond motifs is 1. The van der Waals surface area contributed by atoms with E-state index < -0.39 is 0 Å². The van der Waals surface area contributed by atoms with E-state index >= 15 is 0 Å². The smallest absolute Gasteiger partial charge is 0.257 e. The van der Waals surface area contributed by atoms with Crippen LogP contribution in [0.1, 0.15) is 33.3 Å². The Morgan fingerprint density at radius 2 is 1.54 bits per heavy atom. The predicted octanol–water partition coefficient (Wildman–Crippen LogP) is 3.12. The summed E-state index contributed by atoms with van der Waals surface area (Å²) in [6.07, 6.45) is 1.56. The average molecular weight is 471 g/mol. The number of nitrogens with zero attached hydrogens (tertiary/aromatic N) is 6. The molecule has 0 atom stereocenters. The standard InChI is InChI=1S/C26H26N6O3/c1-3-35-24-12-11-23(28-29-24)32-18(2)22(17-27-32)26(34)31-15-13-30(14-16-31)25(33)21-10-6-8-19-7-4-5-9-20(19)21/h4-12,17H,3,13-16H2,1-2H3. The van der Waals surface area contributed by atoms with Gasteiger partial charge in [-0.15, -0.1) is 10.2 Å². The molecule has 9 nitrogen and oxygen atoms in total. The molecule has 4 aromatic rings. The molecule has 35 heavy (non-hydrogen) atoms. The molecule has 0 radical (unpaired) electrons. The van der Waals surface area contributed by atoms with Crippen LogP contribution in [0.3, 0.4) is 0 Å². The Morgan fingerprint density at radius 3 is 2.23 bits per heavy atom. The van der Waals surface area contributed by atoms with Gasteiger partial charge < -0.3 is 14.5 Å². The van der Waals surface area contributed by atoms with E-state index in [0.29, 0.717) is 61.3 Å². The molecule has 0 N–H and O–H groups in total. The van der Waals surface area contributed by atoms with Gasteiger partial charge in [0.15, 0.2) is 5.82 Å². The van der Waals surface area contributed by atoms with Gasteiger partial charge in [-0.3, -0.25) is 9.59 Å². The van der Waals surface area contributed by atoms with Crippen LogP contribution in [0.4, 0.5) is 0 Å². The molecule has 1 aliphatic rings. The summed E-state index contributed by atoms with van der Waals surface area (Å²) in [4.78, 5) is 30.1. The second kappa shape index (κ2) is 9.54. The van der Waals surface area contributed by atoms with Gasteiger partial charge in [0, 0.05) is 37.8 Å². The summed E-state index contributed by atoms with van der Waals surface area (Å²) in [5.74, 6) is 0.834. The molecule has 9 heteroatoms. The molecule has 2 aromatic heterocycles. The van der Waals surface area contributed by atoms with Gasteiger partial charge in [0.1, 0.15) is 0 Å². The topological polar surface area (TPSA) is 93.5 Å². The summed E-state index contributed by atoms with van der Waals surface area (Å²) in [7, 11) is 0. The third-order valence-electron chi connectivity index (χ3n) is 6.25. The molecule has 0 unspecified atom stereocenters. The highest BCUT2D eigenvalue weighted by atomic mass is 16.5. The fourth-order valence-electron chi connectivity index (χ4n) is 4.37. The summed E-state index contributed by atoms with van der Waals surface area (Å²) < 4.78 is 6.93. The lowest BCUT2D eigenvalue weighted by Gasteiger charge is -2.35. The fourth-order valence-corrected chi connectivity index (χ4v) is 4.37. The fraction of sp³-hybridized carbons (Fsp3) is 0.269. The molecule has 1 aliphatic heterocycles. The Kier molecular flexibility index (Phi) is 6.13. The lowest BCUT2D eigenvalue weighted by atomic mass is 10.0. The number of hydrogen-bond acceptors (Lipinski definition) is 6. The van der Waals surface area contributed by atoms with Crippen molar-refractivity contribution in [3.63, 3.8) is 0 Å². The molecule has 1 fully saturated rings. The normalized spacial score (nSPS) is 13.8. The zero-order chi connectivity index (χ0) is 24.4. The minimum Gasteiger partial charge on any atom is -0.477 e. The highest BCUT2D eigenvalue weighted by molar-refractivity contribution is 6.07. The SMILES string of the molecule is CCOc1ccc(-n2ncc(C(=O)N3CCN(C(=O)c4cccc5ccccc45)CC3)c2C)nn1. The first kappa shape index (κ1) is 22.5. The van der Waals surface area contributed by atoms with Gasteiger partial charge in [-0.1, -0.05) is 36.4 Å². The molecular formula is C26H26N6O3. The number of carbonyl (C=O) groups excluding carboxylic acids is 2. The summed E-state index contributed by atoms with van der Waals surface area (Å²) in [6.45, 7) is 6.10. The van der Waals surface area contributed by atoms with Crippen LogP contribution in [0.2, 0.25) is 0 Å². The summed E-state index contributed by atoms with van der Waals surface area (Å²) in [5.41, 5.74) is 1.88. The highest BCUT2D eigenvalue weighted by Gasteiger charge is 2.28. The highest BCUT2D eigenvalue weighted by Crippen LogP contribution is 2.22. The first-order chi connectivity index (χ1) is 17.1. The van der Waals surface area contributed by atoms with Crippen LogP contribution >= 0.6 is 0 Å². The van der Waals surface area contributed by atoms with Crippen molar-refractivity contribution < 1.29 is 14.3 Å². The van der Waals surface area contributed by atoms with Crippen molar-refractivity contribution in [3.8, 4) is 11.7 Å². The second-order valence-corrected chi connectivity index (χ2v) is 8.33. The van der Waals surface area contributed by atoms with Crippen molar-refractivity contribution in [2.45, 2.75) is 13.8 Å². The van der Waals surface area contributed by atoms with Crippen molar-refractivity contribution in [2.75, 3.05) is 32.8 Å². The maximum Gasteiger partial charge on any atom is 0.257 e. The largest absolute Gasteiger partial charge is 0.477 e. The molecule has 3 heterocycles. The van der Waals surface area contributed by atoms with Crippen LogP contribution in [0.5, 0.6) is 5.88 Å². The van der Waals surface area contributed by atoms with Crippen LogP contribution < -0.4 is 4.74 Å². The predicted molar refractivity (Wildman–Crippen MR) is 131 cm³/mol. The van der Waals surface area contributed by atoms with Crippen LogP contribution in [0.15, 0.2) is 60.8 Å². The minimum atomic E-state index is -0.107. The van der Waals surface area contributed by atoms with Gasteiger partial charge in [-0.25, -0.2) is 4.68 Å². The number of amides is 2. The van der Waals surface area contributed by atoms with E-state index in [1.807, 2.05) is 61.2 Å². The quantitative estimate of drug-likeness (QED) is 0.445. The van der Waals surface area contributed by atoms with Gasteiger partial charge >= 0.3 is 0 Å². The molecule has 0 spiro atoms. The first-order valence-corrected chi connectivity index (χ1v) is 11.6. The Hall–Kier alpha value is -4.27. The molecular weight excluding hydrogens is 444 g/mol. The summed E-state index contributed by atoms with van der Waals surface area (Å²) in [6, 6.07) is 17.1. The molecule has 2 aromatic carbocycles. The van der Waals surface area contributed by atoms with E-state index in [1.54, 1.807) is 27.9 Å². The van der Waals surface area contributed by atoms with Crippen molar-refractivity contribution in [1.29, 1.82) is 0 Å². The van der Waals surface area contributed by atoms with E-state index in [-0.39, 0.29) is 11.8 Å². The molecule has 1 saturated heterocycles. The van der Waals surface area contributed by atoms with Crippen molar-refractivity contribution in [2.24, 2.45) is 0 Å². The molecule has 0 bridgehead atoms. The van der Waals surface area contributed by atoms with Crippen LogP contribution in [-0.4, -0.2) is 74.4 Å². The Labute approximate surface area is 202 Å². The Balaban J connectivity index is 1.27. The second-order valence-electron chi connectivity index (χ2n) is 8.33. The van der Waals surface area contributed by atoms with Gasteiger partial charge in [0.05, 0.1) is 24.1 Å². The molecule has 2 amide bonds. The number of carbonyl (C=O) groups is 2. The number of ether oxygens (including phenoxy) is 1. The number of aromatic nitrogens is 4. The zero-order valence-electron chi connectivity index (χ0n) is 19.7. The summed E-state index contributed by atoms with van der Waals surface area (Å²) in [5, 5.41) is 14.5.